The number of fused-ring (bicyclic) bond motifs is 3. The predicted molar refractivity (Wildman–Crippen MR) is 159 cm³/mol. The number of ether oxygens (including phenoxy) is 1. The zero-order valence-electron chi connectivity index (χ0n) is 23.9. The Hall–Kier alpha value is -4.35. The van der Waals surface area contributed by atoms with Gasteiger partial charge in [0.2, 0.25) is 0 Å². The number of aryl methyl sites for hydroxylation is 2. The van der Waals surface area contributed by atoms with Crippen molar-refractivity contribution in [3.8, 4) is 11.4 Å². The molecular weight excluding hydrogens is 521 g/mol. The van der Waals surface area contributed by atoms with E-state index >= 15 is 4.39 Å². The fourth-order valence-corrected chi connectivity index (χ4v) is 6.06. The molecule has 41 heavy (non-hydrogen) atoms. The number of pyridine rings is 2. The highest BCUT2D eigenvalue weighted by atomic mass is 19.1. The Morgan fingerprint density at radius 3 is 2.59 bits per heavy atom. The monoisotopic (exact) mass is 557 g/mol. The Balaban J connectivity index is 0.00000337. The van der Waals surface area contributed by atoms with Gasteiger partial charge in [0.25, 0.3) is 0 Å². The van der Waals surface area contributed by atoms with Crippen molar-refractivity contribution in [3.63, 3.8) is 0 Å². The summed E-state index contributed by atoms with van der Waals surface area (Å²) in [6.07, 6.45) is 3.44. The lowest BCUT2D eigenvalue weighted by Gasteiger charge is -2.33. The summed E-state index contributed by atoms with van der Waals surface area (Å²) in [5, 5.41) is 12.5. The largest absolute Gasteiger partial charge is 0.401 e. The summed E-state index contributed by atoms with van der Waals surface area (Å²) in [7, 11) is 3.70. The van der Waals surface area contributed by atoms with Gasteiger partial charge in [0.1, 0.15) is 17.2 Å². The number of benzene rings is 1. The van der Waals surface area contributed by atoms with Gasteiger partial charge in [-0.3, -0.25) is 4.98 Å². The number of aromatic nitrogens is 6. The Labute approximate surface area is 238 Å². The zero-order valence-corrected chi connectivity index (χ0v) is 23.9. The van der Waals surface area contributed by atoms with Gasteiger partial charge in [-0.2, -0.15) is 0 Å². The van der Waals surface area contributed by atoms with Gasteiger partial charge < -0.3 is 26.5 Å². The molecule has 5 aromatic rings. The third kappa shape index (κ3) is 4.81. The topological polar surface area (TPSA) is 144 Å². The molecule has 5 heterocycles. The molecule has 1 saturated heterocycles. The highest BCUT2D eigenvalue weighted by Crippen LogP contribution is 2.41. The number of nitrogens with zero attached hydrogens (tertiary/aromatic N) is 6. The van der Waals surface area contributed by atoms with Crippen molar-refractivity contribution in [2.45, 2.75) is 32.7 Å². The molecule has 0 unspecified atom stereocenters. The van der Waals surface area contributed by atoms with Crippen molar-refractivity contribution >= 4 is 27.8 Å². The van der Waals surface area contributed by atoms with Crippen LogP contribution in [0.2, 0.25) is 0 Å². The second kappa shape index (κ2) is 11.3. The second-order valence-electron chi connectivity index (χ2n) is 10.4. The van der Waals surface area contributed by atoms with Crippen LogP contribution in [0.1, 0.15) is 42.6 Å². The van der Waals surface area contributed by atoms with E-state index in [0.717, 1.165) is 63.3 Å². The molecule has 1 aliphatic heterocycles. The maximum Gasteiger partial charge on any atom is 0.143 e. The van der Waals surface area contributed by atoms with Crippen LogP contribution in [0.15, 0.2) is 54.4 Å². The van der Waals surface area contributed by atoms with Crippen LogP contribution < -0.4 is 17.2 Å². The van der Waals surface area contributed by atoms with Gasteiger partial charge in [0.05, 0.1) is 34.2 Å². The Morgan fingerprint density at radius 2 is 1.93 bits per heavy atom. The molecule has 6 N–H and O–H groups in total. The Morgan fingerprint density at radius 1 is 1.17 bits per heavy atom. The Bertz CT molecular complexity index is 1730. The summed E-state index contributed by atoms with van der Waals surface area (Å²) >= 11 is 0. The fraction of sp³-hybridized carbons (Fsp3) is 0.333. The van der Waals surface area contributed by atoms with E-state index in [1.165, 1.54) is 6.07 Å². The molecule has 10 nitrogen and oxygen atoms in total. The van der Waals surface area contributed by atoms with E-state index < -0.39 is 0 Å². The van der Waals surface area contributed by atoms with Crippen molar-refractivity contribution in [2.75, 3.05) is 20.3 Å². The van der Waals surface area contributed by atoms with E-state index in [9.17, 15) is 0 Å². The fourth-order valence-electron chi connectivity index (χ4n) is 6.06. The highest BCUT2D eigenvalue weighted by Gasteiger charge is 2.32. The summed E-state index contributed by atoms with van der Waals surface area (Å²) in [6, 6.07) is 12.8. The molecule has 0 amide bonds. The highest BCUT2D eigenvalue weighted by molar-refractivity contribution is 6.05. The molecule has 214 valence electrons. The van der Waals surface area contributed by atoms with Crippen LogP contribution >= 0.6 is 0 Å². The first-order valence-corrected chi connectivity index (χ1v) is 13.5. The third-order valence-electron chi connectivity index (χ3n) is 7.87. The van der Waals surface area contributed by atoms with E-state index in [0.29, 0.717) is 24.5 Å². The van der Waals surface area contributed by atoms with Gasteiger partial charge in [-0.05, 0) is 56.9 Å². The molecule has 1 atom stereocenters. The first kappa shape index (κ1) is 28.2. The molecule has 0 spiro atoms. The summed E-state index contributed by atoms with van der Waals surface area (Å²) in [5.74, 6) is -0.108. The molecule has 11 heteroatoms. The molecule has 0 radical (unpaired) electrons. The van der Waals surface area contributed by atoms with Crippen LogP contribution in [0.5, 0.6) is 0 Å². The van der Waals surface area contributed by atoms with Crippen LogP contribution in [-0.2, 0) is 11.8 Å². The van der Waals surface area contributed by atoms with Crippen LogP contribution in [0.4, 0.5) is 4.39 Å². The van der Waals surface area contributed by atoms with E-state index in [2.05, 4.69) is 26.3 Å². The van der Waals surface area contributed by atoms with Crippen LogP contribution in [0.3, 0.4) is 0 Å². The van der Waals surface area contributed by atoms with Gasteiger partial charge in [0, 0.05) is 55.7 Å². The molecule has 0 aliphatic carbocycles. The van der Waals surface area contributed by atoms with Gasteiger partial charge >= 0.3 is 0 Å². The molecule has 0 saturated carbocycles. The molecule has 0 bridgehead atoms. The number of allylic oxidation sites excluding steroid dienone is 1. The summed E-state index contributed by atoms with van der Waals surface area (Å²) < 4.78 is 25.3. The van der Waals surface area contributed by atoms with E-state index in [1.54, 1.807) is 10.7 Å². The average molecular weight is 558 g/mol. The van der Waals surface area contributed by atoms with Gasteiger partial charge in [0.15, 0.2) is 0 Å². The minimum absolute atomic E-state index is 0. The van der Waals surface area contributed by atoms with Gasteiger partial charge in [-0.25, -0.2) is 14.1 Å². The molecule has 1 aromatic carbocycles. The van der Waals surface area contributed by atoms with Crippen LogP contribution in [-0.4, -0.2) is 49.8 Å². The second-order valence-corrected chi connectivity index (χ2v) is 10.4. The summed E-state index contributed by atoms with van der Waals surface area (Å²) in [5.41, 5.74) is 13.9. The van der Waals surface area contributed by atoms with Crippen LogP contribution in [0, 0.1) is 18.7 Å². The van der Waals surface area contributed by atoms with Crippen LogP contribution in [0.25, 0.3) is 39.2 Å². The van der Waals surface area contributed by atoms with E-state index in [-0.39, 0.29) is 23.9 Å². The number of nitrogens with two attached hydrogens (primary N) is 1. The maximum atomic E-state index is 15.6. The summed E-state index contributed by atoms with van der Waals surface area (Å²) in [6.45, 7) is 5.04. The van der Waals surface area contributed by atoms with E-state index in [4.69, 9.17) is 20.4 Å². The minimum atomic E-state index is -0.323. The third-order valence-corrected chi connectivity index (χ3v) is 7.87. The van der Waals surface area contributed by atoms with Crippen molar-refractivity contribution < 1.29 is 9.13 Å². The number of hydrogen-bond acceptors (Lipinski definition) is 8. The molecule has 1 fully saturated rings. The number of nitrogens with one attached hydrogen (secondary N) is 1. The van der Waals surface area contributed by atoms with Gasteiger partial charge in [-0.15, -0.1) is 5.10 Å². The Kier molecular flexibility index (Phi) is 7.74. The van der Waals surface area contributed by atoms with Crippen molar-refractivity contribution in [1.29, 1.82) is 0 Å². The molecule has 6 rings (SSSR count). The quantitative estimate of drug-likeness (QED) is 0.268. The lowest BCUT2D eigenvalue weighted by Crippen LogP contribution is -2.27. The molecular formula is C30H36FN9O. The van der Waals surface area contributed by atoms with Gasteiger partial charge in [-0.1, -0.05) is 23.4 Å². The van der Waals surface area contributed by atoms with Crippen molar-refractivity contribution in [1.82, 2.24) is 41.0 Å². The smallest absolute Gasteiger partial charge is 0.143 e. The average Bonchev–Trinajstić information content (AvgIpc) is 3.46. The summed E-state index contributed by atoms with van der Waals surface area (Å²) in [4.78, 5) is 10.1. The first-order chi connectivity index (χ1) is 19.4. The standard InChI is InChI=1S/C30H33FN8O.H3N/c1-17(32)26(33-3)20-15-25-27(34-16-20)22-9-10-24(28-18(2)36-37-38(28)4)35-30(22)39(25)29(19-11-13-40-14-12-19)21-7-5-6-8-23(21)31;/h5-10,15-16,19,29,33H,11-14,32H2,1-4H3;1H3/b26-17-;/t29-;/m0./s1. The maximum absolute atomic E-state index is 15.6. The van der Waals surface area contributed by atoms with Crippen molar-refractivity contribution in [3.05, 3.63) is 77.0 Å². The zero-order chi connectivity index (χ0) is 28.0. The number of hydrogen-bond donors (Lipinski definition) is 3. The minimum Gasteiger partial charge on any atom is -0.401 e. The number of halogens is 1. The predicted octanol–water partition coefficient (Wildman–Crippen LogP) is 4.87. The lowest BCUT2D eigenvalue weighted by atomic mass is 9.86. The molecule has 1 aliphatic rings. The normalized spacial score (nSPS) is 15.5. The number of rotatable bonds is 6. The van der Waals surface area contributed by atoms with E-state index in [1.807, 2.05) is 58.4 Å². The first-order valence-electron chi connectivity index (χ1n) is 13.5. The SMILES string of the molecule is CN/C(=C(/C)N)c1cnc2c3ccc(-c4c(C)nnn4C)nc3n([C@H](c3ccccc3F)C3CCOCC3)c2c1.N. The lowest BCUT2D eigenvalue weighted by molar-refractivity contribution is 0.0548. The molecule has 4 aromatic heterocycles. The van der Waals surface area contributed by atoms with Crippen molar-refractivity contribution in [2.24, 2.45) is 18.7 Å².